The Bertz CT molecular complexity index is 1020. The van der Waals surface area contributed by atoms with Gasteiger partial charge in [0.1, 0.15) is 11.8 Å². The van der Waals surface area contributed by atoms with E-state index < -0.39 is 41.5 Å². The topological polar surface area (TPSA) is 132 Å². The molecule has 1 fully saturated rings. The fraction of sp³-hybridized carbons (Fsp3) is 0.545. The number of nitrogens with zero attached hydrogens (tertiary/aromatic N) is 1. The second-order valence-corrected chi connectivity index (χ2v) is 8.91. The van der Waals surface area contributed by atoms with Crippen molar-refractivity contribution in [2.45, 2.75) is 54.9 Å². The van der Waals surface area contributed by atoms with Crippen LogP contribution in [0.3, 0.4) is 0 Å². The highest BCUT2D eigenvalue weighted by molar-refractivity contribution is 5.85. The summed E-state index contributed by atoms with van der Waals surface area (Å²) in [5.74, 6) is -0.568. The van der Waals surface area contributed by atoms with Crippen LogP contribution in [0.15, 0.2) is 24.0 Å². The lowest BCUT2D eigenvalue weighted by molar-refractivity contribution is -0.169. The molecule has 0 aromatic heterocycles. The number of aliphatic hydroxyl groups is 1. The van der Waals surface area contributed by atoms with E-state index in [-0.39, 0.29) is 30.9 Å². The number of hydrogen-bond donors (Lipinski definition) is 3. The SMILES string of the molecule is COc1ccc2c3c1O[C@H]1C(OC(=O)CC(N)C(=O)O)=CC[C@@]4(O)[C@@H](C2)N(C)CC[C@]314.Cl.Cl. The minimum Gasteiger partial charge on any atom is -0.493 e. The molecule has 5 rings (SSSR count). The molecule has 2 heterocycles. The minimum absolute atomic E-state index is 0. The van der Waals surface area contributed by atoms with Gasteiger partial charge in [0.05, 0.1) is 24.5 Å². The molecule has 2 aliphatic heterocycles. The fourth-order valence-electron chi connectivity index (χ4n) is 6.03. The highest BCUT2D eigenvalue weighted by Gasteiger charge is 2.72. The number of halogens is 2. The van der Waals surface area contributed by atoms with Crippen LogP contribution in [0.5, 0.6) is 11.5 Å². The Labute approximate surface area is 203 Å². The summed E-state index contributed by atoms with van der Waals surface area (Å²) in [6.07, 6.45) is 2.14. The fourth-order valence-corrected chi connectivity index (χ4v) is 6.03. The normalized spacial score (nSPS) is 31.6. The van der Waals surface area contributed by atoms with Crippen molar-refractivity contribution < 1.29 is 34.0 Å². The summed E-state index contributed by atoms with van der Waals surface area (Å²) >= 11 is 0. The number of nitrogens with two attached hydrogens (primary N) is 1. The number of benzene rings is 1. The van der Waals surface area contributed by atoms with Crippen LogP contribution in [-0.2, 0) is 26.2 Å². The molecular weight excluding hydrogens is 475 g/mol. The van der Waals surface area contributed by atoms with Crippen molar-refractivity contribution in [3.05, 3.63) is 35.1 Å². The highest BCUT2D eigenvalue weighted by Crippen LogP contribution is 2.65. The second-order valence-electron chi connectivity index (χ2n) is 8.91. The Morgan fingerprint density at radius 2 is 2.09 bits per heavy atom. The molecule has 5 atom stereocenters. The summed E-state index contributed by atoms with van der Waals surface area (Å²) in [4.78, 5) is 25.6. The molecule has 0 radical (unpaired) electrons. The molecule has 182 valence electrons. The predicted molar refractivity (Wildman–Crippen MR) is 122 cm³/mol. The highest BCUT2D eigenvalue weighted by atomic mass is 35.5. The van der Waals surface area contributed by atoms with Crippen molar-refractivity contribution in [1.82, 2.24) is 4.90 Å². The van der Waals surface area contributed by atoms with Crippen LogP contribution >= 0.6 is 24.8 Å². The lowest BCUT2D eigenvalue weighted by atomic mass is 9.50. The van der Waals surface area contributed by atoms with Gasteiger partial charge in [0.15, 0.2) is 17.6 Å². The quantitative estimate of drug-likeness (QED) is 0.507. The van der Waals surface area contributed by atoms with Crippen molar-refractivity contribution in [3.63, 3.8) is 0 Å². The molecule has 4 N–H and O–H groups in total. The number of ether oxygens (including phenoxy) is 3. The van der Waals surface area contributed by atoms with Crippen LogP contribution in [0.25, 0.3) is 0 Å². The number of likely N-dealkylation sites (N-methyl/N-ethyl adjacent to an activating group) is 1. The molecule has 2 bridgehead atoms. The van der Waals surface area contributed by atoms with Gasteiger partial charge in [0, 0.05) is 18.0 Å². The number of carbonyl (C=O) groups is 2. The Hall–Kier alpha value is -2.04. The maximum absolute atomic E-state index is 12.4. The van der Waals surface area contributed by atoms with E-state index in [9.17, 15) is 14.7 Å². The van der Waals surface area contributed by atoms with Gasteiger partial charge in [-0.3, -0.25) is 9.59 Å². The van der Waals surface area contributed by atoms with Gasteiger partial charge >= 0.3 is 11.9 Å². The number of carboxylic acid groups (broad SMARTS) is 1. The number of methoxy groups -OCH3 is 1. The number of carbonyl (C=O) groups excluding carboxylic acids is 1. The van der Waals surface area contributed by atoms with E-state index in [2.05, 4.69) is 4.90 Å². The van der Waals surface area contributed by atoms with Crippen LogP contribution in [-0.4, -0.2) is 71.5 Å². The number of hydrogen-bond acceptors (Lipinski definition) is 8. The maximum atomic E-state index is 12.4. The standard InChI is InChI=1S/C22H26N2O7.2ClH/c1-24-8-7-21-17-11-3-4-13(29-2)18(17)31-19(21)14(5-6-22(21,28)15(24)9-11)30-16(25)10-12(23)20(26)27;;/h3-5,12,15,19,28H,6-10,23H2,1-2H3,(H,26,27);2*1H/t12?,15-,19+,21+,22-;;/m1../s1. The van der Waals surface area contributed by atoms with Crippen molar-refractivity contribution in [2.24, 2.45) is 5.73 Å². The van der Waals surface area contributed by atoms with Crippen molar-refractivity contribution >= 4 is 36.8 Å². The number of piperidine rings is 1. The minimum atomic E-state index is -1.34. The van der Waals surface area contributed by atoms with Crippen LogP contribution in [0, 0.1) is 0 Å². The molecule has 1 aromatic rings. The predicted octanol–water partition coefficient (Wildman–Crippen LogP) is 1.16. The Kier molecular flexibility index (Phi) is 6.69. The lowest BCUT2D eigenvalue weighted by Gasteiger charge is -2.61. The molecule has 33 heavy (non-hydrogen) atoms. The van der Waals surface area contributed by atoms with E-state index >= 15 is 0 Å². The van der Waals surface area contributed by atoms with Gasteiger partial charge < -0.3 is 35.1 Å². The molecule has 9 nitrogen and oxygen atoms in total. The summed E-state index contributed by atoms with van der Waals surface area (Å²) in [5.41, 5.74) is 5.65. The molecule has 2 aliphatic carbocycles. The van der Waals surface area contributed by atoms with E-state index in [4.69, 9.17) is 25.1 Å². The molecule has 1 unspecified atom stereocenters. The molecule has 1 spiro atoms. The van der Waals surface area contributed by atoms with E-state index in [0.717, 1.165) is 17.7 Å². The van der Waals surface area contributed by atoms with Crippen LogP contribution in [0.2, 0.25) is 0 Å². The van der Waals surface area contributed by atoms with E-state index in [1.165, 1.54) is 0 Å². The summed E-state index contributed by atoms with van der Waals surface area (Å²) in [6.45, 7) is 0.758. The van der Waals surface area contributed by atoms with Crippen LogP contribution < -0.4 is 15.2 Å². The van der Waals surface area contributed by atoms with Gasteiger partial charge in [-0.15, -0.1) is 24.8 Å². The first kappa shape index (κ1) is 25.6. The molecule has 1 aromatic carbocycles. The largest absolute Gasteiger partial charge is 0.493 e. The maximum Gasteiger partial charge on any atom is 0.321 e. The molecule has 0 amide bonds. The smallest absolute Gasteiger partial charge is 0.321 e. The molecule has 4 aliphatic rings. The van der Waals surface area contributed by atoms with E-state index in [0.29, 0.717) is 36.5 Å². The average molecular weight is 503 g/mol. The molecular formula is C22H28Cl2N2O7. The Morgan fingerprint density at radius 1 is 1.36 bits per heavy atom. The van der Waals surface area contributed by atoms with Gasteiger partial charge in [0.2, 0.25) is 0 Å². The second kappa shape index (κ2) is 8.63. The monoisotopic (exact) mass is 502 g/mol. The first-order valence-electron chi connectivity index (χ1n) is 10.4. The third-order valence-electron chi connectivity index (χ3n) is 7.49. The van der Waals surface area contributed by atoms with Crippen molar-refractivity contribution in [3.8, 4) is 11.5 Å². The summed E-state index contributed by atoms with van der Waals surface area (Å²) in [7, 11) is 3.58. The zero-order valence-electron chi connectivity index (χ0n) is 18.3. The first-order valence-corrected chi connectivity index (χ1v) is 10.4. The lowest BCUT2D eigenvalue weighted by Crippen LogP contribution is -2.74. The van der Waals surface area contributed by atoms with Crippen LogP contribution in [0.1, 0.15) is 30.4 Å². The first-order chi connectivity index (χ1) is 14.7. The number of rotatable bonds is 5. The van der Waals surface area contributed by atoms with Gasteiger partial charge in [-0.25, -0.2) is 0 Å². The molecule has 1 saturated heterocycles. The van der Waals surface area contributed by atoms with E-state index in [1.807, 2.05) is 19.2 Å². The van der Waals surface area contributed by atoms with Crippen molar-refractivity contribution in [2.75, 3.05) is 20.7 Å². The van der Waals surface area contributed by atoms with Crippen molar-refractivity contribution in [1.29, 1.82) is 0 Å². The van der Waals surface area contributed by atoms with Crippen LogP contribution in [0.4, 0.5) is 0 Å². The zero-order chi connectivity index (χ0) is 22.1. The average Bonchev–Trinajstić information content (AvgIpc) is 3.08. The number of carboxylic acids is 1. The van der Waals surface area contributed by atoms with Gasteiger partial charge in [-0.1, -0.05) is 6.07 Å². The molecule has 11 heteroatoms. The summed E-state index contributed by atoms with van der Waals surface area (Å²) in [6, 6.07) is 2.44. The van der Waals surface area contributed by atoms with E-state index in [1.54, 1.807) is 13.2 Å². The molecule has 0 saturated carbocycles. The Morgan fingerprint density at radius 3 is 2.76 bits per heavy atom. The van der Waals surface area contributed by atoms with Gasteiger partial charge in [-0.2, -0.15) is 0 Å². The summed E-state index contributed by atoms with van der Waals surface area (Å²) in [5, 5.41) is 21.1. The number of likely N-dealkylation sites (tertiary alicyclic amines) is 1. The van der Waals surface area contributed by atoms with Gasteiger partial charge in [0.25, 0.3) is 0 Å². The van der Waals surface area contributed by atoms with Gasteiger partial charge in [-0.05, 0) is 44.1 Å². The third kappa shape index (κ3) is 3.32. The number of esters is 1. The zero-order valence-corrected chi connectivity index (χ0v) is 19.9. The summed E-state index contributed by atoms with van der Waals surface area (Å²) < 4.78 is 17.5. The third-order valence-corrected chi connectivity index (χ3v) is 7.49. The Balaban J connectivity index is 0.00000153. The number of aliphatic carboxylic acids is 1.